The van der Waals surface area contributed by atoms with Crippen LogP contribution in [0.4, 0.5) is 5.69 Å². The summed E-state index contributed by atoms with van der Waals surface area (Å²) >= 11 is 0. The number of aryl methyl sites for hydroxylation is 3. The van der Waals surface area contributed by atoms with Crippen LogP contribution in [0.1, 0.15) is 21.6 Å². The zero-order valence-corrected chi connectivity index (χ0v) is 11.7. The van der Waals surface area contributed by atoms with Crippen LogP contribution >= 0.6 is 0 Å². The summed E-state index contributed by atoms with van der Waals surface area (Å²) in [5.41, 5.74) is 0.409. The number of carboxylic acid groups (broad SMARTS) is 1. The molecule has 0 bridgehead atoms. The van der Waals surface area contributed by atoms with E-state index in [9.17, 15) is 20.0 Å². The quantitative estimate of drug-likeness (QED) is 0.684. The molecule has 8 nitrogen and oxygen atoms in total. The average molecular weight is 291 g/mol. The first-order valence-corrected chi connectivity index (χ1v) is 6.01. The Labute approximate surface area is 119 Å². The molecule has 0 aliphatic rings. The molecule has 0 fully saturated rings. The number of nitrogens with zero attached hydrogens (tertiary/aromatic N) is 3. The smallest absolute Gasteiger partial charge is 0.353 e. The Morgan fingerprint density at radius 1 is 1.43 bits per heavy atom. The number of aromatic nitrogens is 2. The van der Waals surface area contributed by atoms with Gasteiger partial charge in [-0.25, -0.2) is 9.48 Å². The molecule has 21 heavy (non-hydrogen) atoms. The molecular formula is C13H13N3O5. The summed E-state index contributed by atoms with van der Waals surface area (Å²) in [7, 11) is 1.49. The van der Waals surface area contributed by atoms with E-state index < -0.39 is 10.9 Å². The van der Waals surface area contributed by atoms with Crippen LogP contribution in [0.5, 0.6) is 11.6 Å². The number of aromatic carboxylic acids is 1. The van der Waals surface area contributed by atoms with Crippen molar-refractivity contribution in [3.63, 3.8) is 0 Å². The summed E-state index contributed by atoms with van der Waals surface area (Å²) in [6.07, 6.45) is 0. The number of ether oxygens (including phenoxy) is 1. The zero-order chi connectivity index (χ0) is 15.7. The molecule has 0 saturated heterocycles. The van der Waals surface area contributed by atoms with Gasteiger partial charge in [-0.1, -0.05) is 12.1 Å². The third-order valence-electron chi connectivity index (χ3n) is 2.96. The second-order valence-electron chi connectivity index (χ2n) is 4.48. The molecule has 0 unspecified atom stereocenters. The van der Waals surface area contributed by atoms with Crippen molar-refractivity contribution >= 4 is 11.7 Å². The number of carboxylic acids is 1. The maximum Gasteiger partial charge on any atom is 0.353 e. The molecule has 2 aromatic rings. The van der Waals surface area contributed by atoms with E-state index >= 15 is 0 Å². The molecule has 1 aromatic carbocycles. The third kappa shape index (κ3) is 2.55. The SMILES string of the molecule is Cc1cccc(C(=O)O)c1Oc1c([N+](=O)[O-])c(C)nn1C. The van der Waals surface area contributed by atoms with Crippen LogP contribution in [0.15, 0.2) is 18.2 Å². The van der Waals surface area contributed by atoms with Gasteiger partial charge in [-0.2, -0.15) is 5.10 Å². The number of benzene rings is 1. The van der Waals surface area contributed by atoms with E-state index in [0.29, 0.717) is 5.56 Å². The summed E-state index contributed by atoms with van der Waals surface area (Å²) in [5.74, 6) is -1.21. The predicted octanol–water partition coefficient (Wildman–Crippen LogP) is 2.44. The molecule has 1 N–H and O–H groups in total. The van der Waals surface area contributed by atoms with Crippen LogP contribution in [-0.4, -0.2) is 25.8 Å². The molecule has 0 amide bonds. The normalized spacial score (nSPS) is 10.4. The lowest BCUT2D eigenvalue weighted by molar-refractivity contribution is -0.386. The van der Waals surface area contributed by atoms with Gasteiger partial charge in [0.2, 0.25) is 0 Å². The summed E-state index contributed by atoms with van der Waals surface area (Å²) in [6.45, 7) is 3.15. The fraction of sp³-hybridized carbons (Fsp3) is 0.231. The highest BCUT2D eigenvalue weighted by Gasteiger charge is 2.28. The molecule has 0 aliphatic heterocycles. The summed E-state index contributed by atoms with van der Waals surface area (Å²) in [4.78, 5) is 21.7. The van der Waals surface area contributed by atoms with E-state index in [1.807, 2.05) is 0 Å². The third-order valence-corrected chi connectivity index (χ3v) is 2.96. The Kier molecular flexibility index (Phi) is 3.62. The molecule has 1 aromatic heterocycles. The lowest BCUT2D eigenvalue weighted by atomic mass is 10.1. The van der Waals surface area contributed by atoms with E-state index in [2.05, 4.69) is 5.10 Å². The first-order chi connectivity index (χ1) is 9.82. The molecular weight excluding hydrogens is 278 g/mol. The number of hydrogen-bond donors (Lipinski definition) is 1. The highest BCUT2D eigenvalue weighted by Crippen LogP contribution is 2.36. The zero-order valence-electron chi connectivity index (χ0n) is 11.7. The van der Waals surface area contributed by atoms with Crippen LogP contribution in [-0.2, 0) is 7.05 Å². The fourth-order valence-electron chi connectivity index (χ4n) is 2.00. The summed E-state index contributed by atoms with van der Waals surface area (Å²) in [6, 6.07) is 4.62. The molecule has 2 rings (SSSR count). The topological polar surface area (TPSA) is 107 Å². The van der Waals surface area contributed by atoms with Crippen LogP contribution < -0.4 is 4.74 Å². The molecule has 1 heterocycles. The van der Waals surface area contributed by atoms with Gasteiger partial charge in [0.1, 0.15) is 17.0 Å². The minimum atomic E-state index is -1.17. The van der Waals surface area contributed by atoms with E-state index in [1.165, 1.54) is 24.7 Å². The molecule has 110 valence electrons. The van der Waals surface area contributed by atoms with E-state index in [-0.39, 0.29) is 28.6 Å². The molecule has 0 saturated carbocycles. The average Bonchev–Trinajstić information content (AvgIpc) is 2.66. The predicted molar refractivity (Wildman–Crippen MR) is 72.8 cm³/mol. The Morgan fingerprint density at radius 2 is 2.10 bits per heavy atom. The first kappa shape index (κ1) is 14.5. The standard InChI is InChI=1S/C13H13N3O5/c1-7-5-4-6-9(13(17)18)11(7)21-12-10(16(19)20)8(2)14-15(12)3/h4-6H,1-3H3,(H,17,18). The van der Waals surface area contributed by atoms with Crippen molar-refractivity contribution in [3.05, 3.63) is 45.1 Å². The molecule has 0 aliphatic carbocycles. The van der Waals surface area contributed by atoms with Crippen molar-refractivity contribution in [1.29, 1.82) is 0 Å². The monoisotopic (exact) mass is 291 g/mol. The van der Waals surface area contributed by atoms with Crippen molar-refractivity contribution < 1.29 is 19.6 Å². The summed E-state index contributed by atoms with van der Waals surface area (Å²) in [5, 5.41) is 24.2. The number of para-hydroxylation sites is 1. The van der Waals surface area contributed by atoms with Crippen LogP contribution in [0.25, 0.3) is 0 Å². The Morgan fingerprint density at radius 3 is 2.67 bits per heavy atom. The van der Waals surface area contributed by atoms with Gasteiger partial charge in [0, 0.05) is 7.05 Å². The van der Waals surface area contributed by atoms with Gasteiger partial charge < -0.3 is 9.84 Å². The summed E-state index contributed by atoms with van der Waals surface area (Å²) < 4.78 is 6.74. The largest absolute Gasteiger partial charge is 0.478 e. The van der Waals surface area contributed by atoms with Crippen LogP contribution in [0.3, 0.4) is 0 Å². The van der Waals surface area contributed by atoms with Gasteiger partial charge in [-0.15, -0.1) is 0 Å². The Hall–Kier alpha value is -2.90. The van der Waals surface area contributed by atoms with Gasteiger partial charge in [-0.3, -0.25) is 10.1 Å². The van der Waals surface area contributed by atoms with Crippen molar-refractivity contribution in [2.75, 3.05) is 0 Å². The van der Waals surface area contributed by atoms with Crippen LogP contribution in [0, 0.1) is 24.0 Å². The number of nitro groups is 1. The van der Waals surface area contributed by atoms with Gasteiger partial charge in [-0.05, 0) is 25.5 Å². The number of hydrogen-bond acceptors (Lipinski definition) is 5. The maximum atomic E-state index is 11.2. The second-order valence-corrected chi connectivity index (χ2v) is 4.48. The maximum absolute atomic E-state index is 11.2. The Balaban J connectivity index is 2.59. The molecule has 0 spiro atoms. The van der Waals surface area contributed by atoms with Crippen molar-refractivity contribution in [3.8, 4) is 11.6 Å². The van der Waals surface area contributed by atoms with Gasteiger partial charge in [0.25, 0.3) is 5.88 Å². The number of rotatable bonds is 4. The fourth-order valence-corrected chi connectivity index (χ4v) is 2.00. The van der Waals surface area contributed by atoms with E-state index in [0.717, 1.165) is 0 Å². The van der Waals surface area contributed by atoms with Gasteiger partial charge >= 0.3 is 11.7 Å². The first-order valence-electron chi connectivity index (χ1n) is 6.01. The molecule has 8 heteroatoms. The minimum absolute atomic E-state index is 0.0658. The lowest BCUT2D eigenvalue weighted by Gasteiger charge is -2.10. The highest BCUT2D eigenvalue weighted by molar-refractivity contribution is 5.91. The van der Waals surface area contributed by atoms with Gasteiger partial charge in [0.05, 0.1) is 4.92 Å². The molecule has 0 atom stereocenters. The van der Waals surface area contributed by atoms with Crippen molar-refractivity contribution in [2.45, 2.75) is 13.8 Å². The lowest BCUT2D eigenvalue weighted by Crippen LogP contribution is -2.04. The van der Waals surface area contributed by atoms with Crippen molar-refractivity contribution in [1.82, 2.24) is 9.78 Å². The Bertz CT molecular complexity index is 736. The number of carbonyl (C=O) groups is 1. The van der Waals surface area contributed by atoms with Crippen LogP contribution in [0.2, 0.25) is 0 Å². The van der Waals surface area contributed by atoms with Crippen molar-refractivity contribution in [2.24, 2.45) is 7.05 Å². The second kappa shape index (κ2) is 5.23. The van der Waals surface area contributed by atoms with Gasteiger partial charge in [0.15, 0.2) is 0 Å². The minimum Gasteiger partial charge on any atom is -0.478 e. The highest BCUT2D eigenvalue weighted by atomic mass is 16.6. The van der Waals surface area contributed by atoms with E-state index in [1.54, 1.807) is 19.1 Å². The molecule has 0 radical (unpaired) electrons. The van der Waals surface area contributed by atoms with E-state index in [4.69, 9.17) is 4.74 Å².